The molecule has 1 amide bonds. The molecule has 2 aliphatic rings. The number of nitrogens with zero attached hydrogens (tertiary/aromatic N) is 4. The van der Waals surface area contributed by atoms with Crippen LogP contribution in [-0.4, -0.2) is 52.1 Å². The molecular weight excluding hydrogens is 532 g/mol. The highest BCUT2D eigenvalue weighted by Gasteiger charge is 2.34. The maximum absolute atomic E-state index is 13.6. The number of amides is 1. The largest absolute Gasteiger partial charge is 0.497 e. The molecule has 1 aromatic heterocycles. The second-order valence-corrected chi connectivity index (χ2v) is 11.6. The van der Waals surface area contributed by atoms with Gasteiger partial charge in [0.05, 0.1) is 30.8 Å². The van der Waals surface area contributed by atoms with Gasteiger partial charge in [-0.25, -0.2) is 0 Å². The Balaban J connectivity index is 1.81. The van der Waals surface area contributed by atoms with Crippen molar-refractivity contribution >= 4 is 46.1 Å². The van der Waals surface area contributed by atoms with Crippen LogP contribution in [0.15, 0.2) is 34.0 Å². The summed E-state index contributed by atoms with van der Waals surface area (Å²) in [6, 6.07) is 9.65. The third-order valence-corrected chi connectivity index (χ3v) is 8.33. The van der Waals surface area contributed by atoms with E-state index in [-0.39, 0.29) is 29.2 Å². The number of methoxy groups -OCH3 is 1. The van der Waals surface area contributed by atoms with E-state index in [0.717, 1.165) is 30.0 Å². The van der Waals surface area contributed by atoms with Gasteiger partial charge in [0.1, 0.15) is 27.5 Å². The molecule has 1 aromatic carbocycles. The summed E-state index contributed by atoms with van der Waals surface area (Å²) in [5, 5.41) is 9.93. The highest BCUT2D eigenvalue weighted by atomic mass is 32.2. The topological polar surface area (TPSA) is 87.8 Å². The molecule has 0 bridgehead atoms. The van der Waals surface area contributed by atoms with Gasteiger partial charge in [-0.15, -0.1) is 0 Å². The van der Waals surface area contributed by atoms with Crippen LogP contribution in [0.25, 0.3) is 6.08 Å². The summed E-state index contributed by atoms with van der Waals surface area (Å²) in [5.41, 5.74) is 2.01. The van der Waals surface area contributed by atoms with Crippen LogP contribution in [0.4, 0.5) is 5.82 Å². The lowest BCUT2D eigenvalue weighted by atomic mass is 10.0. The Labute approximate surface area is 239 Å². The summed E-state index contributed by atoms with van der Waals surface area (Å²) in [7, 11) is 1.61. The first-order valence-electron chi connectivity index (χ1n) is 13.1. The van der Waals surface area contributed by atoms with Gasteiger partial charge in [0.2, 0.25) is 0 Å². The molecule has 2 atom stereocenters. The van der Waals surface area contributed by atoms with Crippen LogP contribution in [0.1, 0.15) is 55.9 Å². The summed E-state index contributed by atoms with van der Waals surface area (Å²) in [6.07, 6.45) is 3.44. The third kappa shape index (κ3) is 6.06. The molecule has 10 heteroatoms. The molecule has 8 nitrogen and oxygen atoms in total. The normalized spacial score (nSPS) is 20.6. The Morgan fingerprint density at radius 3 is 2.46 bits per heavy atom. The summed E-state index contributed by atoms with van der Waals surface area (Å²) >= 11 is 6.84. The Hall–Kier alpha value is -3.13. The molecule has 39 heavy (non-hydrogen) atoms. The minimum absolute atomic E-state index is 0.0324. The number of carbonyl (C=O) groups excluding carboxylic acids is 1. The van der Waals surface area contributed by atoms with Gasteiger partial charge in [0.25, 0.3) is 11.5 Å². The Morgan fingerprint density at radius 2 is 1.87 bits per heavy atom. The van der Waals surface area contributed by atoms with Crippen LogP contribution in [-0.2, 0) is 22.6 Å². The first kappa shape index (κ1) is 28.9. The molecule has 2 unspecified atom stereocenters. The van der Waals surface area contributed by atoms with Crippen molar-refractivity contribution < 1.29 is 14.3 Å². The standard InChI is InChI=1S/C29H34N4O4S2/c1-6-7-12-32-26(31-15-18(2)37-19(3)16-31)23(20(4)24(14-30)27(32)34)13-25-28(35)33(29(38)39-25)17-21-8-10-22(36-5)11-9-21/h8-11,13,18-19H,6-7,12,15-17H2,1-5H3/b25-13-. The maximum atomic E-state index is 13.6. The predicted octanol–water partition coefficient (Wildman–Crippen LogP) is 4.85. The van der Waals surface area contributed by atoms with Crippen LogP contribution in [0.2, 0.25) is 0 Å². The molecule has 3 heterocycles. The molecule has 2 saturated heterocycles. The molecule has 0 N–H and O–H groups in total. The number of thioether (sulfide) groups is 1. The van der Waals surface area contributed by atoms with Crippen molar-refractivity contribution in [3.63, 3.8) is 0 Å². The lowest BCUT2D eigenvalue weighted by molar-refractivity contribution is -0.122. The molecular formula is C29H34N4O4S2. The smallest absolute Gasteiger partial charge is 0.270 e. The summed E-state index contributed by atoms with van der Waals surface area (Å²) in [6.45, 7) is 9.90. The van der Waals surface area contributed by atoms with Gasteiger partial charge >= 0.3 is 0 Å². The first-order valence-corrected chi connectivity index (χ1v) is 14.4. The van der Waals surface area contributed by atoms with Crippen LogP contribution in [0.3, 0.4) is 0 Å². The maximum Gasteiger partial charge on any atom is 0.270 e. The Bertz CT molecular complexity index is 1380. The highest BCUT2D eigenvalue weighted by molar-refractivity contribution is 8.26. The van der Waals surface area contributed by atoms with Crippen LogP contribution < -0.4 is 15.2 Å². The zero-order valence-electron chi connectivity index (χ0n) is 23.0. The highest BCUT2D eigenvalue weighted by Crippen LogP contribution is 2.37. The Morgan fingerprint density at radius 1 is 1.21 bits per heavy atom. The fourth-order valence-corrected chi connectivity index (χ4v) is 6.28. The number of hydrogen-bond acceptors (Lipinski definition) is 8. The van der Waals surface area contributed by atoms with Crippen molar-refractivity contribution in [3.8, 4) is 11.8 Å². The fourth-order valence-electron chi connectivity index (χ4n) is 5.04. The second kappa shape index (κ2) is 12.4. The van der Waals surface area contributed by atoms with Gasteiger partial charge in [-0.2, -0.15) is 5.26 Å². The SMILES string of the molecule is CCCCn1c(N2CC(C)OC(C)C2)c(/C=C2\SC(=S)N(Cc3ccc(OC)cc3)C2=O)c(C)c(C#N)c1=O. The zero-order chi connectivity index (χ0) is 28.3. The van der Waals surface area contributed by atoms with Gasteiger partial charge < -0.3 is 14.4 Å². The van der Waals surface area contributed by atoms with Gasteiger partial charge in [-0.1, -0.05) is 49.5 Å². The number of anilines is 1. The molecule has 206 valence electrons. The van der Waals surface area contributed by atoms with Crippen molar-refractivity contribution in [2.75, 3.05) is 25.1 Å². The van der Waals surface area contributed by atoms with E-state index in [2.05, 4.69) is 17.9 Å². The van der Waals surface area contributed by atoms with Crippen molar-refractivity contribution in [1.82, 2.24) is 9.47 Å². The van der Waals surface area contributed by atoms with Gasteiger partial charge in [-0.05, 0) is 56.5 Å². The number of aromatic nitrogens is 1. The molecule has 0 saturated carbocycles. The molecule has 2 aliphatic heterocycles. The van der Waals surface area contributed by atoms with Crippen molar-refractivity contribution in [2.45, 2.75) is 65.8 Å². The van der Waals surface area contributed by atoms with E-state index in [4.69, 9.17) is 21.7 Å². The second-order valence-electron chi connectivity index (χ2n) is 9.94. The van der Waals surface area contributed by atoms with E-state index in [1.807, 2.05) is 44.2 Å². The molecule has 0 spiro atoms. The van der Waals surface area contributed by atoms with Gasteiger partial charge in [0, 0.05) is 25.2 Å². The van der Waals surface area contributed by atoms with Crippen molar-refractivity contribution in [1.29, 1.82) is 5.26 Å². The third-order valence-electron chi connectivity index (χ3n) is 6.95. The number of thiocarbonyl (C=S) groups is 1. The van der Waals surface area contributed by atoms with E-state index in [1.54, 1.807) is 23.5 Å². The van der Waals surface area contributed by atoms with Crippen LogP contribution in [0, 0.1) is 18.3 Å². The minimum atomic E-state index is -0.297. The Kier molecular flexibility index (Phi) is 9.15. The van der Waals surface area contributed by atoms with Gasteiger partial charge in [0.15, 0.2) is 0 Å². The van der Waals surface area contributed by atoms with Crippen molar-refractivity contribution in [3.05, 3.63) is 61.8 Å². The number of pyridine rings is 1. The number of ether oxygens (including phenoxy) is 2. The molecule has 2 fully saturated rings. The van der Waals surface area contributed by atoms with Gasteiger partial charge in [-0.3, -0.25) is 19.1 Å². The quantitative estimate of drug-likeness (QED) is 0.331. The van der Waals surface area contributed by atoms with E-state index in [0.29, 0.717) is 46.5 Å². The number of benzene rings is 1. The molecule has 2 aromatic rings. The number of hydrogen-bond donors (Lipinski definition) is 0. The predicted molar refractivity (Wildman–Crippen MR) is 159 cm³/mol. The van der Waals surface area contributed by atoms with E-state index >= 15 is 0 Å². The van der Waals surface area contributed by atoms with Crippen LogP contribution in [0.5, 0.6) is 5.75 Å². The van der Waals surface area contributed by atoms with Crippen LogP contribution >= 0.6 is 24.0 Å². The molecule has 0 radical (unpaired) electrons. The van der Waals surface area contributed by atoms with E-state index < -0.39 is 0 Å². The fraction of sp³-hybridized carbons (Fsp3) is 0.448. The summed E-state index contributed by atoms with van der Waals surface area (Å²) < 4.78 is 13.4. The monoisotopic (exact) mass is 566 g/mol. The number of unbranched alkanes of at least 4 members (excludes halogenated alkanes) is 1. The van der Waals surface area contributed by atoms with E-state index in [1.165, 1.54) is 11.8 Å². The lowest BCUT2D eigenvalue weighted by Crippen LogP contribution is -2.48. The number of rotatable bonds is 8. The minimum Gasteiger partial charge on any atom is -0.497 e. The first-order chi connectivity index (χ1) is 18.7. The zero-order valence-corrected chi connectivity index (χ0v) is 24.7. The molecule has 4 rings (SSSR count). The lowest BCUT2D eigenvalue weighted by Gasteiger charge is -2.39. The number of carbonyl (C=O) groups is 1. The van der Waals surface area contributed by atoms with Crippen molar-refractivity contribution in [2.24, 2.45) is 0 Å². The van der Waals surface area contributed by atoms with E-state index in [9.17, 15) is 14.9 Å². The number of nitriles is 1. The number of morpholine rings is 1. The average molecular weight is 567 g/mol. The summed E-state index contributed by atoms with van der Waals surface area (Å²) in [5.74, 6) is 1.28. The molecule has 0 aliphatic carbocycles. The summed E-state index contributed by atoms with van der Waals surface area (Å²) in [4.78, 5) is 31.3. The average Bonchev–Trinajstić information content (AvgIpc) is 3.16.